The second-order valence-corrected chi connectivity index (χ2v) is 36.6. The van der Waals surface area contributed by atoms with Gasteiger partial charge >= 0.3 is 0 Å². The zero-order chi connectivity index (χ0) is 90.9. The molecular weight excluding hydrogens is 1630 g/mol. The predicted molar refractivity (Wildman–Crippen MR) is 588 cm³/mol. The second kappa shape index (κ2) is 34.9. The van der Waals surface area contributed by atoms with Gasteiger partial charge in [0.05, 0.1) is 0 Å². The fourth-order valence-corrected chi connectivity index (χ4v) is 21.5. The van der Waals surface area contributed by atoms with Crippen molar-refractivity contribution < 1.29 is 0 Å². The van der Waals surface area contributed by atoms with Crippen molar-refractivity contribution >= 4 is 129 Å². The Kier molecular flexibility index (Phi) is 21.0. The SMILES string of the molecule is Cc1ccc(-c2c3ccccc3c(-c3cc(-c4ccc(-c5cc6ccccc6c6ccccc56)cc4)cc4ccccc34)c3ccccc23)cc1.Cc1ccc(-c2c3ccccc3c(-c3cc(-c4ccc(-c5ccc6ccccc6c5)cc4)cc4ccccc34)c3ccccc23)cc1.Cc1ccc(-c2cc(-c3c4ccccc4c(-c4ccc(C)cc4)c4ccccc34)c3ccccc3c2)cc1. The van der Waals surface area contributed by atoms with Crippen LogP contribution >= 0.6 is 0 Å². The lowest BCUT2D eigenvalue weighted by Gasteiger charge is -2.20. The van der Waals surface area contributed by atoms with Crippen LogP contribution in [0.1, 0.15) is 22.3 Å². The van der Waals surface area contributed by atoms with Crippen molar-refractivity contribution in [3.05, 3.63) is 520 Å². The van der Waals surface area contributed by atoms with Gasteiger partial charge in [-0.25, -0.2) is 0 Å². The largest absolute Gasteiger partial charge is 0.0616 e. The molecule has 0 aliphatic heterocycles. The maximum atomic E-state index is 2.42. The van der Waals surface area contributed by atoms with Gasteiger partial charge in [0.15, 0.2) is 0 Å². The van der Waals surface area contributed by atoms with Crippen LogP contribution in [0.4, 0.5) is 0 Å². The summed E-state index contributed by atoms with van der Waals surface area (Å²) in [5, 5.41) is 30.6. The van der Waals surface area contributed by atoms with Crippen molar-refractivity contribution in [1.82, 2.24) is 0 Å². The molecule has 0 heteroatoms. The van der Waals surface area contributed by atoms with E-state index in [9.17, 15) is 0 Å². The Morgan fingerprint density at radius 3 is 0.603 bits per heavy atom. The average molecular weight is 1730 g/mol. The van der Waals surface area contributed by atoms with E-state index in [1.807, 2.05) is 0 Å². The van der Waals surface area contributed by atoms with E-state index >= 15 is 0 Å². The summed E-state index contributed by atoms with van der Waals surface area (Å²) in [5.41, 5.74) is 32.7. The monoisotopic (exact) mass is 1730 g/mol. The van der Waals surface area contributed by atoms with Crippen LogP contribution in [0.2, 0.25) is 0 Å². The summed E-state index contributed by atoms with van der Waals surface area (Å²) in [6.07, 6.45) is 0. The molecule has 0 N–H and O–H groups in total. The molecule has 0 spiro atoms. The van der Waals surface area contributed by atoms with Crippen LogP contribution in [0, 0.1) is 27.7 Å². The van der Waals surface area contributed by atoms with Gasteiger partial charge in [0.1, 0.15) is 0 Å². The highest BCUT2D eigenvalue weighted by Gasteiger charge is 2.25. The quantitative estimate of drug-likeness (QED) is 0.0894. The first-order valence-corrected chi connectivity index (χ1v) is 47.4. The molecule has 26 rings (SSSR count). The maximum Gasteiger partial charge on any atom is -0.00199 e. The van der Waals surface area contributed by atoms with E-state index in [0.717, 1.165) is 0 Å². The van der Waals surface area contributed by atoms with E-state index < -0.39 is 0 Å². The van der Waals surface area contributed by atoms with Crippen LogP contribution in [-0.4, -0.2) is 0 Å². The van der Waals surface area contributed by atoms with Gasteiger partial charge in [-0.05, 0) is 328 Å². The van der Waals surface area contributed by atoms with E-state index in [1.165, 1.54) is 274 Å². The molecule has 0 fully saturated rings. The topological polar surface area (TPSA) is 0 Å². The first kappa shape index (κ1) is 82.0. The summed E-state index contributed by atoms with van der Waals surface area (Å²) >= 11 is 0. The fraction of sp³-hybridized carbons (Fsp3) is 0.0294. The molecule has 0 aliphatic carbocycles. The van der Waals surface area contributed by atoms with Crippen LogP contribution in [0.3, 0.4) is 0 Å². The van der Waals surface area contributed by atoms with E-state index in [1.54, 1.807) is 0 Å². The molecule has 0 aromatic heterocycles. The highest BCUT2D eigenvalue weighted by atomic mass is 14.3. The zero-order valence-electron chi connectivity index (χ0n) is 76.3. The van der Waals surface area contributed by atoms with E-state index in [-0.39, 0.29) is 0 Å². The number of fused-ring (bicyclic) bond motifs is 13. The van der Waals surface area contributed by atoms with Crippen molar-refractivity contribution in [3.8, 4) is 122 Å². The normalized spacial score (nSPS) is 11.5. The number of hydrogen-bond acceptors (Lipinski definition) is 0. The van der Waals surface area contributed by atoms with Gasteiger partial charge in [0.25, 0.3) is 0 Å². The van der Waals surface area contributed by atoms with Gasteiger partial charge in [-0.15, -0.1) is 0 Å². The Morgan fingerprint density at radius 2 is 0.294 bits per heavy atom. The molecule has 136 heavy (non-hydrogen) atoms. The van der Waals surface area contributed by atoms with E-state index in [2.05, 4.69) is 525 Å². The third-order valence-electron chi connectivity index (χ3n) is 28.2. The van der Waals surface area contributed by atoms with Gasteiger partial charge in [-0.1, -0.05) is 471 Å². The zero-order valence-corrected chi connectivity index (χ0v) is 76.3. The molecule has 26 aromatic carbocycles. The molecule has 0 saturated heterocycles. The molecule has 0 unspecified atom stereocenters. The minimum absolute atomic E-state index is 1.21. The lowest BCUT2D eigenvalue weighted by atomic mass is 9.83. The molecule has 0 saturated carbocycles. The minimum atomic E-state index is 1.21. The van der Waals surface area contributed by atoms with Crippen molar-refractivity contribution in [2.45, 2.75) is 27.7 Å². The number of hydrogen-bond donors (Lipinski definition) is 0. The molecular formula is C136H94. The smallest absolute Gasteiger partial charge is 0.00199 e. The van der Waals surface area contributed by atoms with Crippen LogP contribution in [-0.2, 0) is 0 Å². The summed E-state index contributed by atoms with van der Waals surface area (Å²) in [4.78, 5) is 0. The average Bonchev–Trinajstić information content (AvgIpc) is 0.730. The molecule has 0 atom stereocenters. The highest BCUT2D eigenvalue weighted by Crippen LogP contribution is 2.52. The van der Waals surface area contributed by atoms with Crippen molar-refractivity contribution in [2.24, 2.45) is 0 Å². The Bertz CT molecular complexity index is 9020. The molecule has 0 aliphatic rings. The summed E-state index contributed by atoms with van der Waals surface area (Å²) in [5.74, 6) is 0. The molecule has 0 radical (unpaired) electrons. The van der Waals surface area contributed by atoms with Crippen molar-refractivity contribution in [3.63, 3.8) is 0 Å². The molecule has 638 valence electrons. The Balaban J connectivity index is 0.000000113. The predicted octanol–water partition coefficient (Wildman–Crippen LogP) is 38.5. The Hall–Kier alpha value is -17.2. The third kappa shape index (κ3) is 15.0. The van der Waals surface area contributed by atoms with E-state index in [4.69, 9.17) is 0 Å². The van der Waals surface area contributed by atoms with Crippen LogP contribution < -0.4 is 0 Å². The van der Waals surface area contributed by atoms with Crippen molar-refractivity contribution in [1.29, 1.82) is 0 Å². The summed E-state index contributed by atoms with van der Waals surface area (Å²) in [7, 11) is 0. The molecule has 0 heterocycles. The lowest BCUT2D eigenvalue weighted by molar-refractivity contribution is 1.47. The maximum absolute atomic E-state index is 2.42. The first-order chi connectivity index (χ1) is 67.1. The lowest BCUT2D eigenvalue weighted by Crippen LogP contribution is -1.92. The minimum Gasteiger partial charge on any atom is -0.0616 e. The van der Waals surface area contributed by atoms with Gasteiger partial charge in [0.2, 0.25) is 0 Å². The first-order valence-electron chi connectivity index (χ1n) is 47.4. The third-order valence-corrected chi connectivity index (χ3v) is 28.2. The van der Waals surface area contributed by atoms with Gasteiger partial charge in [0, 0.05) is 0 Å². The Labute approximate surface area is 793 Å². The Morgan fingerprint density at radius 1 is 0.0956 bits per heavy atom. The van der Waals surface area contributed by atoms with Gasteiger partial charge in [-0.2, -0.15) is 0 Å². The highest BCUT2D eigenvalue weighted by molar-refractivity contribution is 6.28. The fourth-order valence-electron chi connectivity index (χ4n) is 21.5. The summed E-state index contributed by atoms with van der Waals surface area (Å²) in [6.45, 7) is 8.59. The molecule has 0 bridgehead atoms. The number of benzene rings is 26. The second-order valence-electron chi connectivity index (χ2n) is 36.6. The standard InChI is InChI=1S/C51H34.C47H32.C38H28/c1-33-22-24-36(25-23-33)50-44-18-8-10-20-46(44)51(47-21-11-9-19-45(47)50)49-32-39(30-37-12-2-5-15-41(37)49)34-26-28-35(29-27-34)48-31-38-13-3-4-14-40(38)42-16-6-7-17-43(42)48;1-31-18-20-35(21-19-31)46-41-14-6-8-16-43(41)47(44-17-9-7-15-42(44)46)45-30-39(29-38-12-4-5-13-40(38)45)34-24-22-33(23-25-34)37-27-26-32-10-2-3-11-36(32)28-37;1-25-15-19-27(20-16-25)30-23-29-9-3-4-10-31(29)36(24-30)38-34-13-7-5-11-32(34)37(28-21-17-26(2)18-22-28)33-12-6-8-14-35(33)38/h2-32H,1H3;2-30H,1H3;3-24H,1-2H3. The number of rotatable bonds is 11. The molecule has 0 amide bonds. The molecule has 0 nitrogen and oxygen atoms in total. The van der Waals surface area contributed by atoms with Gasteiger partial charge in [-0.3, -0.25) is 0 Å². The summed E-state index contributed by atoms with van der Waals surface area (Å²) < 4.78 is 0. The summed E-state index contributed by atoms with van der Waals surface area (Å²) in [6, 6.07) is 183. The number of aryl methyl sites for hydroxylation is 4. The van der Waals surface area contributed by atoms with Gasteiger partial charge < -0.3 is 0 Å². The van der Waals surface area contributed by atoms with Crippen LogP contribution in [0.5, 0.6) is 0 Å². The molecule has 26 aromatic rings. The van der Waals surface area contributed by atoms with E-state index in [0.29, 0.717) is 0 Å². The van der Waals surface area contributed by atoms with Crippen molar-refractivity contribution in [2.75, 3.05) is 0 Å². The van der Waals surface area contributed by atoms with Crippen LogP contribution in [0.15, 0.2) is 497 Å². The van der Waals surface area contributed by atoms with Crippen LogP contribution in [0.25, 0.3) is 252 Å².